The Kier molecular flexibility index (Phi) is 3.51. The molecule has 114 valence electrons. The van der Waals surface area contributed by atoms with Crippen LogP contribution >= 0.6 is 0 Å². The molecule has 4 rings (SSSR count). The smallest absolute Gasteiger partial charge is 0.204 e. The van der Waals surface area contributed by atoms with Crippen molar-refractivity contribution in [2.24, 2.45) is 5.92 Å². The molecule has 0 radical (unpaired) electrons. The fraction of sp³-hybridized carbons (Fsp3) is 0.368. The summed E-state index contributed by atoms with van der Waals surface area (Å²) < 4.78 is 11.9. The van der Waals surface area contributed by atoms with Gasteiger partial charge in [0.2, 0.25) is 6.29 Å². The molecule has 3 atom stereocenters. The van der Waals surface area contributed by atoms with Gasteiger partial charge in [-0.3, -0.25) is 0 Å². The molecule has 0 aromatic heterocycles. The van der Waals surface area contributed by atoms with Gasteiger partial charge < -0.3 is 14.8 Å². The highest BCUT2D eigenvalue weighted by Gasteiger charge is 2.40. The maximum Gasteiger partial charge on any atom is 0.204 e. The average Bonchev–Trinajstić information content (AvgIpc) is 2.56. The number of ether oxygens (including phenoxy) is 2. The number of aryl methyl sites for hydroxylation is 1. The molecule has 0 amide bonds. The zero-order valence-electron chi connectivity index (χ0n) is 12.8. The fourth-order valence-electron chi connectivity index (χ4n) is 3.44. The van der Waals surface area contributed by atoms with Crippen molar-refractivity contribution in [3.05, 3.63) is 59.7 Å². The van der Waals surface area contributed by atoms with E-state index >= 15 is 0 Å². The van der Waals surface area contributed by atoms with Crippen LogP contribution < -0.4 is 10.1 Å². The molecular formula is C19H21NO2. The van der Waals surface area contributed by atoms with Crippen molar-refractivity contribution < 1.29 is 9.47 Å². The number of rotatable bonds is 2. The molecule has 3 nitrogen and oxygen atoms in total. The first-order valence-corrected chi connectivity index (χ1v) is 8.02. The minimum atomic E-state index is -0.133. The molecule has 2 aromatic rings. The van der Waals surface area contributed by atoms with Gasteiger partial charge in [-0.2, -0.15) is 0 Å². The van der Waals surface area contributed by atoms with Crippen LogP contribution in [0, 0.1) is 12.8 Å². The molecule has 2 aromatic carbocycles. The van der Waals surface area contributed by atoms with Gasteiger partial charge in [0.15, 0.2) is 0 Å². The van der Waals surface area contributed by atoms with Crippen LogP contribution in [0.4, 0.5) is 5.69 Å². The number of anilines is 1. The number of nitrogens with one attached hydrogen (secondary N) is 1. The molecule has 1 saturated heterocycles. The van der Waals surface area contributed by atoms with E-state index in [2.05, 4.69) is 48.6 Å². The molecule has 2 aliphatic heterocycles. The third-order valence-corrected chi connectivity index (χ3v) is 4.61. The molecule has 1 N–H and O–H groups in total. The van der Waals surface area contributed by atoms with Gasteiger partial charge in [-0.05, 0) is 38.0 Å². The number of hydrogen-bond donors (Lipinski definition) is 1. The molecule has 22 heavy (non-hydrogen) atoms. The average molecular weight is 295 g/mol. The van der Waals surface area contributed by atoms with Crippen LogP contribution in [-0.4, -0.2) is 12.9 Å². The highest BCUT2D eigenvalue weighted by molar-refractivity contribution is 5.50. The Balaban J connectivity index is 1.69. The summed E-state index contributed by atoms with van der Waals surface area (Å²) in [5.74, 6) is 1.29. The normalized spacial score (nSPS) is 26.5. The molecule has 2 aliphatic rings. The Bertz CT molecular complexity index is 653. The zero-order valence-corrected chi connectivity index (χ0v) is 12.8. The lowest BCUT2D eigenvalue weighted by Gasteiger charge is -2.42. The van der Waals surface area contributed by atoms with Gasteiger partial charge in [-0.25, -0.2) is 0 Å². The van der Waals surface area contributed by atoms with Gasteiger partial charge in [0.1, 0.15) is 5.75 Å². The van der Waals surface area contributed by atoms with E-state index in [9.17, 15) is 0 Å². The lowest BCUT2D eigenvalue weighted by molar-refractivity contribution is -0.154. The van der Waals surface area contributed by atoms with E-state index in [4.69, 9.17) is 9.47 Å². The quantitative estimate of drug-likeness (QED) is 0.896. The van der Waals surface area contributed by atoms with E-state index in [1.54, 1.807) is 0 Å². The van der Waals surface area contributed by atoms with Gasteiger partial charge in [0.05, 0.1) is 12.6 Å². The molecule has 1 fully saturated rings. The molecule has 0 saturated carbocycles. The summed E-state index contributed by atoms with van der Waals surface area (Å²) in [7, 11) is 0. The number of para-hydroxylation sites is 1. The van der Waals surface area contributed by atoms with Crippen molar-refractivity contribution in [2.45, 2.75) is 32.1 Å². The van der Waals surface area contributed by atoms with Crippen LogP contribution in [0.1, 0.15) is 30.0 Å². The summed E-state index contributed by atoms with van der Waals surface area (Å²) in [4.78, 5) is 0. The summed E-state index contributed by atoms with van der Waals surface area (Å²) >= 11 is 0. The summed E-state index contributed by atoms with van der Waals surface area (Å²) in [6.07, 6.45) is 2.09. The molecule has 0 aliphatic carbocycles. The van der Waals surface area contributed by atoms with E-state index in [1.165, 1.54) is 11.1 Å². The second-order valence-electron chi connectivity index (χ2n) is 6.19. The molecule has 3 heteroatoms. The summed E-state index contributed by atoms with van der Waals surface area (Å²) in [6, 6.07) is 17.1. The highest BCUT2D eigenvalue weighted by Crippen LogP contribution is 2.44. The predicted molar refractivity (Wildman–Crippen MR) is 87.1 cm³/mol. The Hall–Kier alpha value is -2.00. The van der Waals surface area contributed by atoms with E-state index in [0.717, 1.165) is 30.9 Å². The van der Waals surface area contributed by atoms with Crippen molar-refractivity contribution >= 4 is 5.69 Å². The summed E-state index contributed by atoms with van der Waals surface area (Å²) in [5.41, 5.74) is 3.66. The predicted octanol–water partition coefficient (Wildman–Crippen LogP) is 4.29. The van der Waals surface area contributed by atoms with E-state index in [-0.39, 0.29) is 12.3 Å². The number of hydrogen-bond acceptors (Lipinski definition) is 3. The van der Waals surface area contributed by atoms with Gasteiger partial charge in [0.25, 0.3) is 0 Å². The minimum absolute atomic E-state index is 0.133. The van der Waals surface area contributed by atoms with Crippen LogP contribution in [0.25, 0.3) is 0 Å². The minimum Gasteiger partial charge on any atom is -0.464 e. The van der Waals surface area contributed by atoms with E-state index < -0.39 is 0 Å². The molecule has 0 spiro atoms. The van der Waals surface area contributed by atoms with E-state index in [1.807, 2.05) is 12.1 Å². The molecule has 0 unspecified atom stereocenters. The lowest BCUT2D eigenvalue weighted by Crippen LogP contribution is -2.43. The number of fused-ring (bicyclic) bond motifs is 2. The monoisotopic (exact) mass is 295 g/mol. The summed E-state index contributed by atoms with van der Waals surface area (Å²) in [6.45, 7) is 2.90. The van der Waals surface area contributed by atoms with Crippen LogP contribution in [0.15, 0.2) is 48.5 Å². The molecule has 0 bridgehead atoms. The molecule has 2 heterocycles. The topological polar surface area (TPSA) is 30.5 Å². The summed E-state index contributed by atoms with van der Waals surface area (Å²) in [5, 5.41) is 3.70. The second-order valence-corrected chi connectivity index (χ2v) is 6.19. The van der Waals surface area contributed by atoms with Crippen LogP contribution in [0.2, 0.25) is 0 Å². The molecular weight excluding hydrogens is 274 g/mol. The van der Waals surface area contributed by atoms with Crippen molar-refractivity contribution in [3.63, 3.8) is 0 Å². The van der Waals surface area contributed by atoms with Crippen LogP contribution in [-0.2, 0) is 4.74 Å². The third-order valence-electron chi connectivity index (χ3n) is 4.61. The fourth-order valence-corrected chi connectivity index (χ4v) is 3.44. The maximum absolute atomic E-state index is 6.06. The standard InChI is InChI=1S/C19H21NO2/c1-13-8-10-14(11-9-13)20-18-15-5-2-3-7-17(15)22-19-16(18)6-4-12-21-19/h2-3,5,7-11,16,18-20H,4,6,12H2,1H3/t16-,18-,19+/m1/s1. The zero-order chi connectivity index (χ0) is 14.9. The van der Waals surface area contributed by atoms with E-state index in [0.29, 0.717) is 5.92 Å². The van der Waals surface area contributed by atoms with Gasteiger partial charge in [-0.1, -0.05) is 35.9 Å². The number of benzene rings is 2. The van der Waals surface area contributed by atoms with Crippen LogP contribution in [0.5, 0.6) is 5.75 Å². The Morgan fingerprint density at radius 3 is 2.73 bits per heavy atom. The van der Waals surface area contributed by atoms with Crippen LogP contribution in [0.3, 0.4) is 0 Å². The Labute approximate surface area is 131 Å². The SMILES string of the molecule is Cc1ccc(N[C@@H]2c3ccccc3O[C@@H]3OCCC[C@@H]32)cc1. The van der Waals surface area contributed by atoms with Crippen molar-refractivity contribution in [3.8, 4) is 5.75 Å². The van der Waals surface area contributed by atoms with Crippen molar-refractivity contribution in [1.82, 2.24) is 0 Å². The first kappa shape index (κ1) is 13.6. The van der Waals surface area contributed by atoms with Gasteiger partial charge in [-0.15, -0.1) is 0 Å². The first-order chi connectivity index (χ1) is 10.8. The first-order valence-electron chi connectivity index (χ1n) is 8.02. The third kappa shape index (κ3) is 2.46. The van der Waals surface area contributed by atoms with Gasteiger partial charge in [0, 0.05) is 17.2 Å². The maximum atomic E-state index is 6.06. The lowest BCUT2D eigenvalue weighted by atomic mass is 9.84. The van der Waals surface area contributed by atoms with Gasteiger partial charge >= 0.3 is 0 Å². The van der Waals surface area contributed by atoms with Crippen molar-refractivity contribution in [1.29, 1.82) is 0 Å². The highest BCUT2D eigenvalue weighted by atomic mass is 16.7. The Morgan fingerprint density at radius 1 is 1.05 bits per heavy atom. The second kappa shape index (κ2) is 5.65. The Morgan fingerprint density at radius 2 is 1.86 bits per heavy atom. The van der Waals surface area contributed by atoms with Crippen molar-refractivity contribution in [2.75, 3.05) is 11.9 Å². The largest absolute Gasteiger partial charge is 0.464 e.